The molecule has 1 saturated carbocycles. The van der Waals surface area contributed by atoms with Crippen LogP contribution in [0.15, 0.2) is 24.3 Å². The second-order valence-corrected chi connectivity index (χ2v) is 9.09. The van der Waals surface area contributed by atoms with Crippen molar-refractivity contribution in [1.82, 2.24) is 10.2 Å². The summed E-state index contributed by atoms with van der Waals surface area (Å²) in [7, 11) is 0. The molecule has 0 bridgehead atoms. The highest BCUT2D eigenvalue weighted by molar-refractivity contribution is 5.81. The second-order valence-electron chi connectivity index (χ2n) is 9.09. The van der Waals surface area contributed by atoms with Crippen LogP contribution in [0.25, 0.3) is 0 Å². The fraction of sp³-hybridized carbons (Fsp3) is 0.680. The van der Waals surface area contributed by atoms with Crippen molar-refractivity contribution in [3.05, 3.63) is 35.6 Å². The van der Waals surface area contributed by atoms with Crippen LogP contribution >= 0.6 is 0 Å². The van der Waals surface area contributed by atoms with Crippen LogP contribution in [-0.4, -0.2) is 36.3 Å². The first kappa shape index (κ1) is 22.8. The molecule has 4 nitrogen and oxygen atoms in total. The lowest BCUT2D eigenvalue weighted by Gasteiger charge is -2.36. The van der Waals surface area contributed by atoms with Crippen LogP contribution in [0.3, 0.4) is 0 Å². The molecule has 1 saturated heterocycles. The fourth-order valence-corrected chi connectivity index (χ4v) is 4.98. The maximum atomic E-state index is 13.7. The predicted molar refractivity (Wildman–Crippen MR) is 117 cm³/mol. The molecule has 0 unspecified atom stereocenters. The summed E-state index contributed by atoms with van der Waals surface area (Å²) >= 11 is 0. The van der Waals surface area contributed by atoms with E-state index < -0.39 is 0 Å². The molecular formula is C25H37FN2O2. The number of carbonyl (C=O) groups excluding carboxylic acids is 2. The number of rotatable bonds is 8. The Labute approximate surface area is 180 Å². The minimum absolute atomic E-state index is 0.0369. The molecule has 1 aliphatic heterocycles. The van der Waals surface area contributed by atoms with Crippen molar-refractivity contribution in [3.8, 4) is 0 Å². The number of hydrogen-bond acceptors (Lipinski definition) is 2. The van der Waals surface area contributed by atoms with E-state index in [1.807, 2.05) is 11.0 Å². The predicted octanol–water partition coefficient (Wildman–Crippen LogP) is 4.72. The number of hydrogen-bond donors (Lipinski definition) is 1. The highest BCUT2D eigenvalue weighted by Gasteiger charge is 2.32. The van der Waals surface area contributed by atoms with Crippen LogP contribution in [0.2, 0.25) is 0 Å². The molecule has 2 aliphatic rings. The van der Waals surface area contributed by atoms with Crippen molar-refractivity contribution in [2.75, 3.05) is 19.6 Å². The summed E-state index contributed by atoms with van der Waals surface area (Å²) in [6, 6.07) is 6.68. The van der Waals surface area contributed by atoms with Crippen LogP contribution in [0, 0.1) is 23.6 Å². The van der Waals surface area contributed by atoms with Gasteiger partial charge in [-0.15, -0.1) is 0 Å². The minimum atomic E-state index is -0.224. The number of unbranched alkanes of at least 4 members (excludes halogenated alkanes) is 1. The number of benzene rings is 1. The van der Waals surface area contributed by atoms with Crippen LogP contribution in [-0.2, 0) is 16.0 Å². The van der Waals surface area contributed by atoms with E-state index in [2.05, 4.69) is 12.2 Å². The molecule has 1 heterocycles. The Balaban J connectivity index is 1.35. The lowest BCUT2D eigenvalue weighted by molar-refractivity contribution is -0.140. The highest BCUT2D eigenvalue weighted by Crippen LogP contribution is 2.33. The third-order valence-corrected chi connectivity index (χ3v) is 6.99. The standard InChI is InChI=1S/C25H37FN2O2/c1-2-3-6-19-9-11-22(12-10-19)25(30)28-17-14-21(15-18-28)24(29)27-16-13-20-7-4-5-8-23(20)26/h4-5,7-8,19,21-22H,2-3,6,9-18H2,1H3,(H,27,29). The van der Waals surface area contributed by atoms with Crippen molar-refractivity contribution in [2.24, 2.45) is 17.8 Å². The highest BCUT2D eigenvalue weighted by atomic mass is 19.1. The SMILES string of the molecule is CCCCC1CCC(C(=O)N2CCC(C(=O)NCCc3ccccc3F)CC2)CC1. The van der Waals surface area contributed by atoms with Gasteiger partial charge in [-0.25, -0.2) is 4.39 Å². The first-order valence-electron chi connectivity index (χ1n) is 11.9. The van der Waals surface area contributed by atoms with Crippen LogP contribution in [0.5, 0.6) is 0 Å². The van der Waals surface area contributed by atoms with E-state index in [0.717, 1.165) is 31.6 Å². The third kappa shape index (κ3) is 6.29. The smallest absolute Gasteiger partial charge is 0.225 e. The summed E-state index contributed by atoms with van der Waals surface area (Å²) in [6.07, 6.45) is 10.3. The Hall–Kier alpha value is -1.91. The lowest BCUT2D eigenvalue weighted by atomic mass is 9.79. The summed E-state index contributed by atoms with van der Waals surface area (Å²) in [5, 5.41) is 2.95. The summed E-state index contributed by atoms with van der Waals surface area (Å²) in [6.45, 7) is 4.04. The van der Waals surface area contributed by atoms with Gasteiger partial charge < -0.3 is 10.2 Å². The first-order chi connectivity index (χ1) is 14.6. The molecule has 0 atom stereocenters. The number of nitrogens with zero attached hydrogens (tertiary/aromatic N) is 1. The number of amides is 2. The van der Waals surface area contributed by atoms with Crippen molar-refractivity contribution in [2.45, 2.75) is 71.1 Å². The van der Waals surface area contributed by atoms with Gasteiger partial charge in [-0.1, -0.05) is 44.4 Å². The van der Waals surface area contributed by atoms with E-state index in [0.29, 0.717) is 37.5 Å². The maximum absolute atomic E-state index is 13.7. The summed E-state index contributed by atoms with van der Waals surface area (Å²) in [4.78, 5) is 27.4. The molecule has 1 aromatic carbocycles. The van der Waals surface area contributed by atoms with Gasteiger partial charge in [-0.2, -0.15) is 0 Å². The molecule has 1 N–H and O–H groups in total. The number of carbonyl (C=O) groups is 2. The van der Waals surface area contributed by atoms with Gasteiger partial charge in [-0.3, -0.25) is 9.59 Å². The molecule has 2 amide bonds. The molecular weight excluding hydrogens is 379 g/mol. The van der Waals surface area contributed by atoms with E-state index in [1.54, 1.807) is 12.1 Å². The zero-order valence-corrected chi connectivity index (χ0v) is 18.4. The summed E-state index contributed by atoms with van der Waals surface area (Å²) in [5.41, 5.74) is 0.627. The van der Waals surface area contributed by atoms with E-state index in [-0.39, 0.29) is 23.6 Å². The summed E-state index contributed by atoms with van der Waals surface area (Å²) in [5.74, 6) is 1.08. The molecule has 0 aromatic heterocycles. The van der Waals surface area contributed by atoms with Crippen molar-refractivity contribution >= 4 is 11.8 Å². The Morgan fingerprint density at radius 3 is 2.40 bits per heavy atom. The average molecular weight is 417 g/mol. The Bertz CT molecular complexity index is 692. The number of piperidine rings is 1. The zero-order valence-electron chi connectivity index (χ0n) is 18.4. The lowest BCUT2D eigenvalue weighted by Crippen LogP contribution is -2.45. The van der Waals surface area contributed by atoms with Crippen molar-refractivity contribution in [1.29, 1.82) is 0 Å². The number of nitrogens with one attached hydrogen (secondary N) is 1. The van der Waals surface area contributed by atoms with Gasteiger partial charge in [0.15, 0.2) is 0 Å². The van der Waals surface area contributed by atoms with E-state index in [9.17, 15) is 14.0 Å². The Morgan fingerprint density at radius 2 is 1.73 bits per heavy atom. The van der Waals surface area contributed by atoms with Gasteiger partial charge in [0.25, 0.3) is 0 Å². The fourth-order valence-electron chi connectivity index (χ4n) is 4.98. The second kappa shape index (κ2) is 11.5. The van der Waals surface area contributed by atoms with Crippen molar-refractivity contribution in [3.63, 3.8) is 0 Å². The van der Waals surface area contributed by atoms with Crippen LogP contribution in [0.1, 0.15) is 70.3 Å². The largest absolute Gasteiger partial charge is 0.356 e. The van der Waals surface area contributed by atoms with Gasteiger partial charge in [-0.05, 0) is 62.5 Å². The monoisotopic (exact) mass is 416 g/mol. The van der Waals surface area contributed by atoms with Gasteiger partial charge in [0, 0.05) is 31.5 Å². The zero-order chi connectivity index (χ0) is 21.3. The Morgan fingerprint density at radius 1 is 1.03 bits per heavy atom. The topological polar surface area (TPSA) is 49.4 Å². The van der Waals surface area contributed by atoms with E-state index in [1.165, 1.54) is 38.2 Å². The molecule has 166 valence electrons. The molecule has 30 heavy (non-hydrogen) atoms. The normalized spacial score (nSPS) is 22.7. The third-order valence-electron chi connectivity index (χ3n) is 6.99. The molecule has 0 radical (unpaired) electrons. The molecule has 0 spiro atoms. The summed E-state index contributed by atoms with van der Waals surface area (Å²) < 4.78 is 13.7. The van der Waals surface area contributed by atoms with E-state index >= 15 is 0 Å². The molecule has 1 aromatic rings. The minimum Gasteiger partial charge on any atom is -0.356 e. The van der Waals surface area contributed by atoms with Gasteiger partial charge in [0.05, 0.1) is 0 Å². The van der Waals surface area contributed by atoms with Gasteiger partial charge >= 0.3 is 0 Å². The van der Waals surface area contributed by atoms with Gasteiger partial charge in [0.1, 0.15) is 5.82 Å². The molecule has 2 fully saturated rings. The number of likely N-dealkylation sites (tertiary alicyclic amines) is 1. The molecule has 1 aliphatic carbocycles. The van der Waals surface area contributed by atoms with E-state index in [4.69, 9.17) is 0 Å². The molecule has 5 heteroatoms. The maximum Gasteiger partial charge on any atom is 0.225 e. The average Bonchev–Trinajstić information content (AvgIpc) is 2.79. The number of halogens is 1. The van der Waals surface area contributed by atoms with Crippen LogP contribution in [0.4, 0.5) is 4.39 Å². The van der Waals surface area contributed by atoms with Crippen LogP contribution < -0.4 is 5.32 Å². The van der Waals surface area contributed by atoms with Gasteiger partial charge in [0.2, 0.25) is 11.8 Å². The quantitative estimate of drug-likeness (QED) is 0.667. The van der Waals surface area contributed by atoms with Crippen molar-refractivity contribution < 1.29 is 14.0 Å². The first-order valence-corrected chi connectivity index (χ1v) is 11.9. The molecule has 3 rings (SSSR count). The Kier molecular flexibility index (Phi) is 8.71.